The van der Waals surface area contributed by atoms with Crippen molar-refractivity contribution in [1.29, 1.82) is 0 Å². The highest BCUT2D eigenvalue weighted by molar-refractivity contribution is 5.91. The normalized spacial score (nSPS) is 17.3. The lowest BCUT2D eigenvalue weighted by Gasteiger charge is -2.34. The zero-order chi connectivity index (χ0) is 19.9. The van der Waals surface area contributed by atoms with Gasteiger partial charge in [-0.25, -0.2) is 4.98 Å². The van der Waals surface area contributed by atoms with Crippen molar-refractivity contribution in [3.05, 3.63) is 53.6 Å². The first-order valence-electron chi connectivity index (χ1n) is 9.94. The Kier molecular flexibility index (Phi) is 6.98. The number of nitrogens with zero attached hydrogens (tertiary/aromatic N) is 4. The summed E-state index contributed by atoms with van der Waals surface area (Å²) in [4.78, 5) is 25.3. The molecular weight excluding hydrogens is 352 g/mol. The van der Waals surface area contributed by atoms with Gasteiger partial charge in [-0.1, -0.05) is 12.1 Å². The molecule has 1 saturated heterocycles. The summed E-state index contributed by atoms with van der Waals surface area (Å²) in [6.45, 7) is 5.84. The van der Waals surface area contributed by atoms with Crippen molar-refractivity contribution in [2.75, 3.05) is 40.3 Å². The van der Waals surface area contributed by atoms with E-state index in [1.165, 1.54) is 12.0 Å². The van der Waals surface area contributed by atoms with Crippen LogP contribution in [0.5, 0.6) is 5.75 Å². The zero-order valence-corrected chi connectivity index (χ0v) is 17.1. The number of ether oxygens (including phenoxy) is 1. The average Bonchev–Trinajstić information content (AvgIpc) is 2.73. The Balaban J connectivity index is 1.48. The molecule has 0 spiro atoms. The van der Waals surface area contributed by atoms with Crippen LogP contribution in [-0.4, -0.2) is 66.0 Å². The molecule has 3 rings (SSSR count). The molecule has 150 valence electrons. The molecule has 1 atom stereocenters. The number of aryl methyl sites for hydroxylation is 1. The molecular formula is C22H30N4O2. The van der Waals surface area contributed by atoms with E-state index in [0.29, 0.717) is 11.6 Å². The molecule has 1 aromatic carbocycles. The minimum atomic E-state index is -0.0529. The van der Waals surface area contributed by atoms with Crippen LogP contribution >= 0.6 is 0 Å². The first-order chi connectivity index (χ1) is 13.5. The minimum absolute atomic E-state index is 0.0529. The van der Waals surface area contributed by atoms with E-state index >= 15 is 0 Å². The van der Waals surface area contributed by atoms with Gasteiger partial charge in [-0.05, 0) is 56.3 Å². The lowest BCUT2D eigenvalue weighted by Crippen LogP contribution is -2.42. The highest BCUT2D eigenvalue weighted by Crippen LogP contribution is 2.19. The smallest absolute Gasteiger partial charge is 0.273 e. The molecule has 2 aromatic rings. The first kappa shape index (κ1) is 20.3. The highest BCUT2D eigenvalue weighted by atomic mass is 16.5. The number of likely N-dealkylation sites (tertiary alicyclic amines) is 1. The van der Waals surface area contributed by atoms with Gasteiger partial charge in [0.25, 0.3) is 5.91 Å². The maximum atomic E-state index is 12.6. The highest BCUT2D eigenvalue weighted by Gasteiger charge is 2.23. The molecule has 6 nitrogen and oxygen atoms in total. The molecule has 1 unspecified atom stereocenters. The maximum absolute atomic E-state index is 12.6. The largest absolute Gasteiger partial charge is 0.497 e. The number of piperidine rings is 1. The second-order valence-corrected chi connectivity index (χ2v) is 7.64. The quantitative estimate of drug-likeness (QED) is 0.737. The van der Waals surface area contributed by atoms with Crippen LogP contribution in [0.1, 0.15) is 34.6 Å². The molecule has 28 heavy (non-hydrogen) atoms. The fourth-order valence-corrected chi connectivity index (χ4v) is 3.75. The summed E-state index contributed by atoms with van der Waals surface area (Å²) in [6, 6.07) is 8.30. The van der Waals surface area contributed by atoms with E-state index in [9.17, 15) is 4.79 Å². The van der Waals surface area contributed by atoms with E-state index in [4.69, 9.17) is 4.74 Å². The fraction of sp³-hybridized carbons (Fsp3) is 0.500. The van der Waals surface area contributed by atoms with Gasteiger partial charge < -0.3 is 14.5 Å². The molecule has 1 aliphatic rings. The average molecular weight is 383 g/mol. The molecule has 0 aliphatic carbocycles. The molecule has 6 heteroatoms. The second-order valence-electron chi connectivity index (χ2n) is 7.64. The summed E-state index contributed by atoms with van der Waals surface area (Å²) in [7, 11) is 3.55. The predicted molar refractivity (Wildman–Crippen MR) is 110 cm³/mol. The monoisotopic (exact) mass is 382 g/mol. The SMILES string of the molecule is COc1ccc(CCN2CCCC(CN(C)C(=O)c3cnc(C)cn3)C2)cc1. The van der Waals surface area contributed by atoms with Crippen molar-refractivity contribution >= 4 is 5.91 Å². The van der Waals surface area contributed by atoms with E-state index < -0.39 is 0 Å². The summed E-state index contributed by atoms with van der Waals surface area (Å²) in [6.07, 6.45) is 6.58. The molecule has 1 fully saturated rings. The molecule has 0 N–H and O–H groups in total. The summed E-state index contributed by atoms with van der Waals surface area (Å²) >= 11 is 0. The van der Waals surface area contributed by atoms with Crippen molar-refractivity contribution in [3.63, 3.8) is 0 Å². The third-order valence-corrected chi connectivity index (χ3v) is 5.36. The molecule has 0 saturated carbocycles. The van der Waals surface area contributed by atoms with Crippen molar-refractivity contribution in [1.82, 2.24) is 19.8 Å². The number of rotatable bonds is 7. The van der Waals surface area contributed by atoms with Gasteiger partial charge in [-0.15, -0.1) is 0 Å². The van der Waals surface area contributed by atoms with E-state index in [-0.39, 0.29) is 5.91 Å². The Bertz CT molecular complexity index is 761. The summed E-state index contributed by atoms with van der Waals surface area (Å²) in [5.74, 6) is 1.34. The van der Waals surface area contributed by atoms with Crippen molar-refractivity contribution < 1.29 is 9.53 Å². The number of hydrogen-bond acceptors (Lipinski definition) is 5. The van der Waals surface area contributed by atoms with Crippen LogP contribution in [0, 0.1) is 12.8 Å². The predicted octanol–water partition coefficient (Wildman–Crippen LogP) is 2.82. The molecule has 1 aliphatic heterocycles. The van der Waals surface area contributed by atoms with Crippen LogP contribution < -0.4 is 4.74 Å². The van der Waals surface area contributed by atoms with E-state index in [0.717, 1.165) is 50.5 Å². The van der Waals surface area contributed by atoms with Gasteiger partial charge in [0.1, 0.15) is 11.4 Å². The number of carbonyl (C=O) groups is 1. The van der Waals surface area contributed by atoms with Crippen LogP contribution in [0.4, 0.5) is 0 Å². The van der Waals surface area contributed by atoms with E-state index in [1.54, 1.807) is 24.4 Å². The Labute approximate surface area is 167 Å². The number of carbonyl (C=O) groups excluding carboxylic acids is 1. The number of aromatic nitrogens is 2. The minimum Gasteiger partial charge on any atom is -0.497 e. The fourth-order valence-electron chi connectivity index (χ4n) is 3.75. The molecule has 2 heterocycles. The third-order valence-electron chi connectivity index (χ3n) is 5.36. The van der Waals surface area contributed by atoms with Crippen molar-refractivity contribution in [3.8, 4) is 5.75 Å². The standard InChI is InChI=1S/C22H30N4O2/c1-17-13-24-21(14-23-17)22(27)25(2)15-19-5-4-11-26(16-19)12-10-18-6-8-20(28-3)9-7-18/h6-9,13-14,19H,4-5,10-12,15-16H2,1-3H3. The van der Waals surface area contributed by atoms with Crippen LogP contribution in [0.15, 0.2) is 36.7 Å². The maximum Gasteiger partial charge on any atom is 0.273 e. The summed E-state index contributed by atoms with van der Waals surface area (Å²) in [5, 5.41) is 0. The number of methoxy groups -OCH3 is 1. The lowest BCUT2D eigenvalue weighted by atomic mass is 9.97. The van der Waals surface area contributed by atoms with Gasteiger partial charge >= 0.3 is 0 Å². The topological polar surface area (TPSA) is 58.6 Å². The van der Waals surface area contributed by atoms with Crippen molar-refractivity contribution in [2.45, 2.75) is 26.2 Å². The van der Waals surface area contributed by atoms with Gasteiger partial charge in [0, 0.05) is 32.9 Å². The van der Waals surface area contributed by atoms with Gasteiger partial charge in [-0.3, -0.25) is 9.78 Å². The molecule has 1 aromatic heterocycles. The first-order valence-corrected chi connectivity index (χ1v) is 9.94. The van der Waals surface area contributed by atoms with Gasteiger partial charge in [-0.2, -0.15) is 0 Å². The van der Waals surface area contributed by atoms with Crippen LogP contribution in [-0.2, 0) is 6.42 Å². The second kappa shape index (κ2) is 9.64. The molecule has 1 amide bonds. The molecule has 0 radical (unpaired) electrons. The molecule has 0 bridgehead atoms. The zero-order valence-electron chi connectivity index (χ0n) is 17.1. The summed E-state index contributed by atoms with van der Waals surface area (Å²) in [5.41, 5.74) is 2.56. The van der Waals surface area contributed by atoms with E-state index in [2.05, 4.69) is 27.0 Å². The lowest BCUT2D eigenvalue weighted by molar-refractivity contribution is 0.0724. The van der Waals surface area contributed by atoms with Gasteiger partial charge in [0.15, 0.2) is 0 Å². The third kappa shape index (κ3) is 5.52. The number of amides is 1. The van der Waals surface area contributed by atoms with Crippen LogP contribution in [0.2, 0.25) is 0 Å². The Morgan fingerprint density at radius 2 is 2.04 bits per heavy atom. The number of benzene rings is 1. The van der Waals surface area contributed by atoms with Crippen molar-refractivity contribution in [2.24, 2.45) is 5.92 Å². The van der Waals surface area contributed by atoms with Crippen LogP contribution in [0.3, 0.4) is 0 Å². The Morgan fingerprint density at radius 3 is 2.71 bits per heavy atom. The number of hydrogen-bond donors (Lipinski definition) is 0. The Morgan fingerprint density at radius 1 is 1.25 bits per heavy atom. The van der Waals surface area contributed by atoms with Gasteiger partial charge in [0.05, 0.1) is 19.0 Å². The summed E-state index contributed by atoms with van der Waals surface area (Å²) < 4.78 is 5.22. The van der Waals surface area contributed by atoms with Crippen LogP contribution in [0.25, 0.3) is 0 Å². The van der Waals surface area contributed by atoms with Gasteiger partial charge in [0.2, 0.25) is 0 Å². The van der Waals surface area contributed by atoms with E-state index in [1.807, 2.05) is 26.1 Å². The Hall–Kier alpha value is -2.47.